The lowest BCUT2D eigenvalue weighted by Crippen LogP contribution is -2.26. The van der Waals surface area contributed by atoms with E-state index in [-0.39, 0.29) is 11.9 Å². The van der Waals surface area contributed by atoms with Crippen molar-refractivity contribution in [2.75, 3.05) is 7.11 Å². The van der Waals surface area contributed by atoms with Gasteiger partial charge >= 0.3 is 5.97 Å². The van der Waals surface area contributed by atoms with Crippen LogP contribution < -0.4 is 5.32 Å². The van der Waals surface area contributed by atoms with Crippen molar-refractivity contribution in [3.8, 4) is 0 Å². The molecular formula is C19H21NO3. The van der Waals surface area contributed by atoms with Gasteiger partial charge in [-0.25, -0.2) is 4.79 Å². The third kappa shape index (κ3) is 4.19. The Bertz CT molecular complexity index is 675. The van der Waals surface area contributed by atoms with E-state index in [0.29, 0.717) is 11.1 Å². The van der Waals surface area contributed by atoms with Gasteiger partial charge in [0, 0.05) is 5.56 Å². The standard InChI is InChI=1S/C19H21NO3/c1-4-14-5-7-15(8-6-14)13(2)20-18(21)16-9-11-17(12-10-16)19(22)23-3/h5-13H,4H2,1-3H3,(H,20,21). The summed E-state index contributed by atoms with van der Waals surface area (Å²) in [6.45, 7) is 4.06. The maximum atomic E-state index is 12.3. The van der Waals surface area contributed by atoms with Gasteiger partial charge in [-0.1, -0.05) is 31.2 Å². The molecule has 0 aliphatic heterocycles. The number of carbonyl (C=O) groups is 2. The van der Waals surface area contributed by atoms with Gasteiger partial charge in [0.1, 0.15) is 0 Å². The summed E-state index contributed by atoms with van der Waals surface area (Å²) >= 11 is 0. The molecule has 0 aliphatic rings. The van der Waals surface area contributed by atoms with E-state index >= 15 is 0 Å². The van der Waals surface area contributed by atoms with E-state index in [4.69, 9.17) is 0 Å². The smallest absolute Gasteiger partial charge is 0.337 e. The number of hydrogen-bond acceptors (Lipinski definition) is 3. The molecule has 0 radical (unpaired) electrons. The number of esters is 1. The van der Waals surface area contributed by atoms with Gasteiger partial charge in [0.05, 0.1) is 18.7 Å². The molecule has 0 aliphatic carbocycles. The van der Waals surface area contributed by atoms with Gasteiger partial charge in [-0.05, 0) is 48.7 Å². The minimum absolute atomic E-state index is 0.0892. The third-order valence-electron chi connectivity index (χ3n) is 3.80. The zero-order chi connectivity index (χ0) is 16.8. The highest BCUT2D eigenvalue weighted by Crippen LogP contribution is 2.15. The summed E-state index contributed by atoms with van der Waals surface area (Å²) < 4.78 is 4.64. The van der Waals surface area contributed by atoms with Crippen LogP contribution in [-0.4, -0.2) is 19.0 Å². The maximum Gasteiger partial charge on any atom is 0.337 e. The van der Waals surface area contributed by atoms with E-state index in [1.807, 2.05) is 19.1 Å². The van der Waals surface area contributed by atoms with Gasteiger partial charge < -0.3 is 10.1 Å². The van der Waals surface area contributed by atoms with Crippen molar-refractivity contribution in [2.24, 2.45) is 0 Å². The Morgan fingerprint density at radius 1 is 1.00 bits per heavy atom. The number of rotatable bonds is 5. The number of ether oxygens (including phenoxy) is 1. The largest absolute Gasteiger partial charge is 0.465 e. The van der Waals surface area contributed by atoms with Gasteiger partial charge in [-0.3, -0.25) is 4.79 Å². The van der Waals surface area contributed by atoms with E-state index in [2.05, 4.69) is 29.1 Å². The van der Waals surface area contributed by atoms with Crippen molar-refractivity contribution >= 4 is 11.9 Å². The fraction of sp³-hybridized carbons (Fsp3) is 0.263. The van der Waals surface area contributed by atoms with Crippen molar-refractivity contribution in [3.63, 3.8) is 0 Å². The predicted octanol–water partition coefficient (Wildman–Crippen LogP) is 3.53. The van der Waals surface area contributed by atoms with Crippen molar-refractivity contribution < 1.29 is 14.3 Å². The van der Waals surface area contributed by atoms with E-state index in [1.165, 1.54) is 12.7 Å². The molecule has 1 atom stereocenters. The molecule has 0 aromatic heterocycles. The molecule has 2 rings (SSSR count). The Kier molecular flexibility index (Phi) is 5.52. The molecule has 1 unspecified atom stereocenters. The van der Waals surface area contributed by atoms with Crippen LogP contribution >= 0.6 is 0 Å². The van der Waals surface area contributed by atoms with Crippen LogP contribution in [-0.2, 0) is 11.2 Å². The molecule has 1 amide bonds. The summed E-state index contributed by atoms with van der Waals surface area (Å²) in [5, 5.41) is 2.96. The fourth-order valence-electron chi connectivity index (χ4n) is 2.28. The van der Waals surface area contributed by atoms with Crippen LogP contribution in [0.2, 0.25) is 0 Å². The summed E-state index contributed by atoms with van der Waals surface area (Å²) in [5.41, 5.74) is 3.26. The Morgan fingerprint density at radius 2 is 1.57 bits per heavy atom. The molecule has 4 nitrogen and oxygen atoms in total. The number of amides is 1. The van der Waals surface area contributed by atoms with Crippen LogP contribution in [0, 0.1) is 0 Å². The summed E-state index contributed by atoms with van der Waals surface area (Å²) in [7, 11) is 1.33. The Morgan fingerprint density at radius 3 is 2.09 bits per heavy atom. The number of aryl methyl sites for hydroxylation is 1. The predicted molar refractivity (Wildman–Crippen MR) is 89.5 cm³/mol. The number of carbonyl (C=O) groups excluding carboxylic acids is 2. The first-order valence-corrected chi connectivity index (χ1v) is 7.63. The molecule has 23 heavy (non-hydrogen) atoms. The summed E-state index contributed by atoms with van der Waals surface area (Å²) in [6, 6.07) is 14.5. The molecule has 2 aromatic carbocycles. The maximum absolute atomic E-state index is 12.3. The van der Waals surface area contributed by atoms with Gasteiger partial charge in [0.15, 0.2) is 0 Å². The quantitative estimate of drug-likeness (QED) is 0.860. The van der Waals surface area contributed by atoms with Gasteiger partial charge in [0.25, 0.3) is 5.91 Å². The second-order valence-electron chi connectivity index (χ2n) is 5.36. The minimum atomic E-state index is -0.415. The Labute approximate surface area is 136 Å². The molecule has 0 bridgehead atoms. The zero-order valence-electron chi connectivity index (χ0n) is 13.6. The van der Waals surface area contributed by atoms with Crippen LogP contribution in [0.25, 0.3) is 0 Å². The number of methoxy groups -OCH3 is 1. The van der Waals surface area contributed by atoms with Gasteiger partial charge in [-0.2, -0.15) is 0 Å². The summed E-state index contributed by atoms with van der Waals surface area (Å²) in [4.78, 5) is 23.7. The van der Waals surface area contributed by atoms with Crippen molar-refractivity contribution in [1.82, 2.24) is 5.32 Å². The highest BCUT2D eigenvalue weighted by atomic mass is 16.5. The Hall–Kier alpha value is -2.62. The first kappa shape index (κ1) is 16.7. The average Bonchev–Trinajstić information content (AvgIpc) is 2.61. The topological polar surface area (TPSA) is 55.4 Å². The van der Waals surface area contributed by atoms with Gasteiger partial charge in [-0.15, -0.1) is 0 Å². The third-order valence-corrected chi connectivity index (χ3v) is 3.80. The van der Waals surface area contributed by atoms with Crippen molar-refractivity contribution in [1.29, 1.82) is 0 Å². The molecular weight excluding hydrogens is 290 g/mol. The molecule has 0 heterocycles. The number of nitrogens with one attached hydrogen (secondary N) is 1. The Balaban J connectivity index is 2.04. The van der Waals surface area contributed by atoms with Crippen LogP contribution in [0.15, 0.2) is 48.5 Å². The zero-order valence-corrected chi connectivity index (χ0v) is 13.6. The SMILES string of the molecule is CCc1ccc(C(C)NC(=O)c2ccc(C(=O)OC)cc2)cc1. The van der Waals surface area contributed by atoms with E-state index < -0.39 is 5.97 Å². The monoisotopic (exact) mass is 311 g/mol. The first-order chi connectivity index (χ1) is 11.0. The summed E-state index contributed by atoms with van der Waals surface area (Å²) in [6.07, 6.45) is 0.994. The lowest BCUT2D eigenvalue weighted by molar-refractivity contribution is 0.0600. The first-order valence-electron chi connectivity index (χ1n) is 7.63. The number of hydrogen-bond donors (Lipinski definition) is 1. The molecule has 0 fully saturated rings. The second-order valence-corrected chi connectivity index (χ2v) is 5.36. The second kappa shape index (κ2) is 7.58. The van der Waals surface area contributed by atoms with Crippen LogP contribution in [0.4, 0.5) is 0 Å². The van der Waals surface area contributed by atoms with Crippen molar-refractivity contribution in [3.05, 3.63) is 70.8 Å². The molecule has 120 valence electrons. The van der Waals surface area contributed by atoms with Crippen LogP contribution in [0.3, 0.4) is 0 Å². The average molecular weight is 311 g/mol. The molecule has 2 aromatic rings. The highest BCUT2D eigenvalue weighted by Gasteiger charge is 2.12. The summed E-state index contributed by atoms with van der Waals surface area (Å²) in [5.74, 6) is -0.588. The molecule has 0 saturated carbocycles. The van der Waals surface area contributed by atoms with E-state index in [0.717, 1.165) is 12.0 Å². The molecule has 1 N–H and O–H groups in total. The number of benzene rings is 2. The molecule has 4 heteroatoms. The van der Waals surface area contributed by atoms with E-state index in [9.17, 15) is 9.59 Å². The normalized spacial score (nSPS) is 11.6. The minimum Gasteiger partial charge on any atom is -0.465 e. The lowest BCUT2D eigenvalue weighted by Gasteiger charge is -2.15. The van der Waals surface area contributed by atoms with Crippen LogP contribution in [0.5, 0.6) is 0 Å². The van der Waals surface area contributed by atoms with Crippen molar-refractivity contribution in [2.45, 2.75) is 26.3 Å². The molecule has 0 spiro atoms. The van der Waals surface area contributed by atoms with E-state index in [1.54, 1.807) is 24.3 Å². The molecule has 0 saturated heterocycles. The fourth-order valence-corrected chi connectivity index (χ4v) is 2.28. The van der Waals surface area contributed by atoms with Crippen LogP contribution in [0.1, 0.15) is 51.7 Å². The highest BCUT2D eigenvalue weighted by molar-refractivity contribution is 5.96. The lowest BCUT2D eigenvalue weighted by atomic mass is 10.0. The van der Waals surface area contributed by atoms with Gasteiger partial charge in [0.2, 0.25) is 0 Å².